The highest BCUT2D eigenvalue weighted by atomic mass is 32.1. The molecule has 0 saturated heterocycles. The van der Waals surface area contributed by atoms with Crippen LogP contribution in [0.5, 0.6) is 0 Å². The van der Waals surface area contributed by atoms with Gasteiger partial charge in [-0.1, -0.05) is 13.3 Å². The van der Waals surface area contributed by atoms with E-state index in [2.05, 4.69) is 22.7 Å². The highest BCUT2D eigenvalue weighted by Crippen LogP contribution is 2.17. The van der Waals surface area contributed by atoms with Crippen LogP contribution in [0.25, 0.3) is 0 Å². The van der Waals surface area contributed by atoms with Gasteiger partial charge in [-0.25, -0.2) is 10.8 Å². The molecule has 2 rings (SSSR count). The van der Waals surface area contributed by atoms with Gasteiger partial charge in [0.1, 0.15) is 5.82 Å². The number of aromatic nitrogens is 1. The lowest BCUT2D eigenvalue weighted by molar-refractivity contribution is 0.0939. The second-order valence-corrected chi connectivity index (χ2v) is 5.66. The summed E-state index contributed by atoms with van der Waals surface area (Å²) in [6, 6.07) is 5.47. The number of hydrogen-bond donors (Lipinski definition) is 3. The van der Waals surface area contributed by atoms with Crippen LogP contribution in [0, 0.1) is 0 Å². The van der Waals surface area contributed by atoms with E-state index in [0.717, 1.165) is 24.1 Å². The Labute approximate surface area is 128 Å². The number of nitrogens with two attached hydrogens (primary N) is 1. The van der Waals surface area contributed by atoms with Gasteiger partial charge in [0.15, 0.2) is 0 Å². The Morgan fingerprint density at radius 2 is 2.29 bits per heavy atom. The second-order valence-electron chi connectivity index (χ2n) is 4.88. The van der Waals surface area contributed by atoms with Crippen molar-refractivity contribution in [3.63, 3.8) is 0 Å². The first-order valence-corrected chi connectivity index (χ1v) is 7.88. The Morgan fingerprint density at radius 3 is 2.90 bits per heavy atom. The average molecular weight is 304 g/mol. The van der Waals surface area contributed by atoms with Crippen LogP contribution < -0.4 is 16.6 Å². The number of carbonyl (C=O) groups excluding carboxylic acids is 1. The molecule has 2 heterocycles. The fourth-order valence-electron chi connectivity index (χ4n) is 2.06. The molecule has 0 spiro atoms. The Bertz CT molecular complexity index is 598. The van der Waals surface area contributed by atoms with Gasteiger partial charge in [0.05, 0.1) is 6.04 Å². The zero-order chi connectivity index (χ0) is 15.2. The number of pyridine rings is 1. The monoisotopic (exact) mass is 304 g/mol. The maximum absolute atomic E-state index is 12.4. The number of carbonyl (C=O) groups is 1. The van der Waals surface area contributed by atoms with Crippen molar-refractivity contribution in [3.05, 3.63) is 45.8 Å². The lowest BCUT2D eigenvalue weighted by Crippen LogP contribution is -2.27. The lowest BCUT2D eigenvalue weighted by atomic mass is 10.1. The van der Waals surface area contributed by atoms with Crippen molar-refractivity contribution in [1.82, 2.24) is 10.3 Å². The number of rotatable bonds is 6. The number of thiophene rings is 1. The summed E-state index contributed by atoms with van der Waals surface area (Å²) in [5.74, 6) is 5.81. The summed E-state index contributed by atoms with van der Waals surface area (Å²) in [7, 11) is 0. The fraction of sp³-hybridized carbons (Fsp3) is 0.333. The van der Waals surface area contributed by atoms with E-state index in [1.165, 1.54) is 0 Å². The Hall–Kier alpha value is -1.92. The minimum Gasteiger partial charge on any atom is -0.345 e. The first-order valence-electron chi connectivity index (χ1n) is 6.94. The van der Waals surface area contributed by atoms with Crippen LogP contribution in [0.15, 0.2) is 29.0 Å². The van der Waals surface area contributed by atoms with Gasteiger partial charge in [0, 0.05) is 11.3 Å². The summed E-state index contributed by atoms with van der Waals surface area (Å²) in [5, 5.41) is 7.03. The smallest absolute Gasteiger partial charge is 0.251 e. The molecule has 0 aliphatic rings. The number of nitrogen functional groups attached to an aromatic ring is 1. The van der Waals surface area contributed by atoms with E-state index in [-0.39, 0.29) is 11.9 Å². The number of nitrogens with one attached hydrogen (secondary N) is 2. The zero-order valence-electron chi connectivity index (χ0n) is 12.2. The largest absolute Gasteiger partial charge is 0.345 e. The molecule has 0 aromatic carbocycles. The molecule has 4 N–H and O–H groups in total. The first-order chi connectivity index (χ1) is 10.1. The highest BCUT2D eigenvalue weighted by molar-refractivity contribution is 7.07. The third kappa shape index (κ3) is 4.03. The number of aryl methyl sites for hydroxylation is 1. The van der Waals surface area contributed by atoms with Gasteiger partial charge in [0.2, 0.25) is 0 Å². The number of nitrogens with zero attached hydrogens (tertiary/aromatic N) is 1. The number of anilines is 1. The molecule has 0 bridgehead atoms. The fourth-order valence-corrected chi connectivity index (χ4v) is 2.82. The van der Waals surface area contributed by atoms with Crippen molar-refractivity contribution in [3.8, 4) is 0 Å². The van der Waals surface area contributed by atoms with Crippen LogP contribution in [0.4, 0.5) is 5.82 Å². The van der Waals surface area contributed by atoms with Crippen LogP contribution in [0.3, 0.4) is 0 Å². The van der Waals surface area contributed by atoms with E-state index in [1.54, 1.807) is 17.4 Å². The van der Waals surface area contributed by atoms with E-state index in [1.807, 2.05) is 29.8 Å². The van der Waals surface area contributed by atoms with E-state index in [9.17, 15) is 4.79 Å². The molecule has 0 aliphatic heterocycles. The second kappa shape index (κ2) is 7.19. The summed E-state index contributed by atoms with van der Waals surface area (Å²) in [6.07, 6.45) is 1.78. The molecule has 2 aromatic rings. The molecule has 2 aromatic heterocycles. The van der Waals surface area contributed by atoms with Gasteiger partial charge >= 0.3 is 0 Å². The van der Waals surface area contributed by atoms with Crippen LogP contribution in [0.1, 0.15) is 47.9 Å². The number of amides is 1. The third-order valence-corrected chi connectivity index (χ3v) is 3.89. The van der Waals surface area contributed by atoms with Gasteiger partial charge in [-0.15, -0.1) is 0 Å². The van der Waals surface area contributed by atoms with Crippen LogP contribution in [0.2, 0.25) is 0 Å². The van der Waals surface area contributed by atoms with Crippen LogP contribution >= 0.6 is 11.3 Å². The van der Waals surface area contributed by atoms with Crippen molar-refractivity contribution >= 4 is 23.1 Å². The summed E-state index contributed by atoms with van der Waals surface area (Å²) >= 11 is 1.62. The van der Waals surface area contributed by atoms with Gasteiger partial charge in [-0.05, 0) is 47.9 Å². The average Bonchev–Trinajstić information content (AvgIpc) is 3.01. The predicted molar refractivity (Wildman–Crippen MR) is 86.2 cm³/mol. The Kier molecular flexibility index (Phi) is 5.30. The van der Waals surface area contributed by atoms with Crippen molar-refractivity contribution < 1.29 is 4.79 Å². The minimum atomic E-state index is -0.120. The Morgan fingerprint density at radius 1 is 1.48 bits per heavy atom. The molecule has 5 nitrogen and oxygen atoms in total. The topological polar surface area (TPSA) is 80.0 Å². The molecule has 21 heavy (non-hydrogen) atoms. The quantitative estimate of drug-likeness (QED) is 0.566. The molecule has 0 saturated carbocycles. The van der Waals surface area contributed by atoms with E-state index in [4.69, 9.17) is 5.84 Å². The molecule has 1 atom stereocenters. The van der Waals surface area contributed by atoms with Gasteiger partial charge in [0.25, 0.3) is 5.91 Å². The first kappa shape index (κ1) is 15.5. The summed E-state index contributed by atoms with van der Waals surface area (Å²) in [4.78, 5) is 16.7. The third-order valence-electron chi connectivity index (χ3n) is 3.19. The highest BCUT2D eigenvalue weighted by Gasteiger charge is 2.13. The van der Waals surface area contributed by atoms with Crippen molar-refractivity contribution in [2.45, 2.75) is 32.7 Å². The van der Waals surface area contributed by atoms with Gasteiger partial charge in [-0.3, -0.25) is 4.79 Å². The molecule has 0 radical (unpaired) electrons. The summed E-state index contributed by atoms with van der Waals surface area (Å²) in [5.41, 5.74) is 5.05. The van der Waals surface area contributed by atoms with Crippen molar-refractivity contribution in [1.29, 1.82) is 0 Å². The molecule has 6 heteroatoms. The van der Waals surface area contributed by atoms with Crippen LogP contribution in [-0.4, -0.2) is 10.9 Å². The van der Waals surface area contributed by atoms with Crippen molar-refractivity contribution in [2.24, 2.45) is 5.84 Å². The van der Waals surface area contributed by atoms with E-state index >= 15 is 0 Å². The van der Waals surface area contributed by atoms with Gasteiger partial charge < -0.3 is 10.7 Å². The number of hydrogen-bond acceptors (Lipinski definition) is 5. The standard InChI is InChI=1S/C15H20N4OS/c1-3-4-13-7-12(8-14(18-13)19-16)15(20)17-10(2)11-5-6-21-9-11/h5-10H,3-4,16H2,1-2H3,(H,17,20)(H,18,19). The van der Waals surface area contributed by atoms with E-state index in [0.29, 0.717) is 11.4 Å². The molecule has 112 valence electrons. The minimum absolute atomic E-state index is 0.0270. The number of hydrazine groups is 1. The summed E-state index contributed by atoms with van der Waals surface area (Å²) in [6.45, 7) is 4.04. The Balaban J connectivity index is 2.16. The van der Waals surface area contributed by atoms with Crippen molar-refractivity contribution in [2.75, 3.05) is 5.43 Å². The molecular weight excluding hydrogens is 284 g/mol. The van der Waals surface area contributed by atoms with Gasteiger partial charge in [-0.2, -0.15) is 11.3 Å². The molecule has 1 unspecified atom stereocenters. The van der Waals surface area contributed by atoms with E-state index < -0.39 is 0 Å². The normalized spacial score (nSPS) is 12.0. The molecular formula is C15H20N4OS. The molecule has 0 aliphatic carbocycles. The molecule has 1 amide bonds. The summed E-state index contributed by atoms with van der Waals surface area (Å²) < 4.78 is 0. The predicted octanol–water partition coefficient (Wildman–Crippen LogP) is 2.87. The lowest BCUT2D eigenvalue weighted by Gasteiger charge is -2.14. The maximum Gasteiger partial charge on any atom is 0.251 e. The van der Waals surface area contributed by atoms with Crippen LogP contribution in [-0.2, 0) is 6.42 Å². The molecule has 0 fully saturated rings. The zero-order valence-corrected chi connectivity index (χ0v) is 13.0. The maximum atomic E-state index is 12.4. The SMILES string of the molecule is CCCc1cc(C(=O)NC(C)c2ccsc2)cc(NN)n1.